The SMILES string of the molecule is Ic1ccc(-c2ccc(-c3cccc4ccccc34)cc2)cc1. The number of benzene rings is 4. The van der Waals surface area contributed by atoms with Crippen molar-refractivity contribution in [2.24, 2.45) is 0 Å². The van der Waals surface area contributed by atoms with E-state index in [0.717, 1.165) is 0 Å². The molecule has 0 heterocycles. The third-order valence-corrected chi connectivity index (χ3v) is 4.88. The van der Waals surface area contributed by atoms with Crippen molar-refractivity contribution in [3.63, 3.8) is 0 Å². The maximum absolute atomic E-state index is 2.34. The van der Waals surface area contributed by atoms with E-state index >= 15 is 0 Å². The van der Waals surface area contributed by atoms with E-state index in [9.17, 15) is 0 Å². The fraction of sp³-hybridized carbons (Fsp3) is 0. The van der Waals surface area contributed by atoms with Crippen LogP contribution < -0.4 is 0 Å². The van der Waals surface area contributed by atoms with Gasteiger partial charge in [0.05, 0.1) is 0 Å². The Kier molecular flexibility index (Phi) is 3.88. The Morgan fingerprint density at radius 3 is 1.78 bits per heavy atom. The molecule has 4 rings (SSSR count). The molecule has 0 aliphatic carbocycles. The van der Waals surface area contributed by atoms with Crippen molar-refractivity contribution >= 4 is 33.4 Å². The molecule has 110 valence electrons. The average Bonchev–Trinajstić information content (AvgIpc) is 2.62. The van der Waals surface area contributed by atoms with Gasteiger partial charge in [0.1, 0.15) is 0 Å². The minimum Gasteiger partial charge on any atom is -0.0616 e. The van der Waals surface area contributed by atoms with E-state index in [-0.39, 0.29) is 0 Å². The molecular weight excluding hydrogens is 391 g/mol. The summed E-state index contributed by atoms with van der Waals surface area (Å²) < 4.78 is 1.26. The van der Waals surface area contributed by atoms with Crippen molar-refractivity contribution in [3.05, 3.63) is 94.6 Å². The van der Waals surface area contributed by atoms with Crippen LogP contribution in [0, 0.1) is 3.57 Å². The molecule has 0 N–H and O–H groups in total. The first kappa shape index (κ1) is 14.5. The van der Waals surface area contributed by atoms with Crippen LogP contribution in [0.25, 0.3) is 33.0 Å². The molecule has 0 aliphatic rings. The quantitative estimate of drug-likeness (QED) is 0.322. The van der Waals surface area contributed by atoms with E-state index in [2.05, 4.69) is 114 Å². The van der Waals surface area contributed by atoms with Crippen molar-refractivity contribution < 1.29 is 0 Å². The molecule has 0 nitrogen and oxygen atoms in total. The Morgan fingerprint density at radius 2 is 1.04 bits per heavy atom. The zero-order chi connectivity index (χ0) is 15.6. The number of rotatable bonds is 2. The highest BCUT2D eigenvalue weighted by molar-refractivity contribution is 14.1. The highest BCUT2D eigenvalue weighted by atomic mass is 127. The Labute approximate surface area is 149 Å². The van der Waals surface area contributed by atoms with Gasteiger partial charge in [-0.25, -0.2) is 0 Å². The lowest BCUT2D eigenvalue weighted by Gasteiger charge is -2.08. The molecule has 4 aromatic carbocycles. The van der Waals surface area contributed by atoms with Crippen LogP contribution in [0.1, 0.15) is 0 Å². The van der Waals surface area contributed by atoms with Crippen LogP contribution in [0.15, 0.2) is 91.0 Å². The van der Waals surface area contributed by atoms with Gasteiger partial charge in [0.25, 0.3) is 0 Å². The van der Waals surface area contributed by atoms with Crippen LogP contribution in [-0.2, 0) is 0 Å². The van der Waals surface area contributed by atoms with E-state index in [1.807, 2.05) is 0 Å². The summed E-state index contributed by atoms with van der Waals surface area (Å²) in [6.45, 7) is 0. The largest absolute Gasteiger partial charge is 0.0616 e. The summed E-state index contributed by atoms with van der Waals surface area (Å²) in [5, 5.41) is 2.59. The van der Waals surface area contributed by atoms with Crippen LogP contribution in [0.2, 0.25) is 0 Å². The monoisotopic (exact) mass is 406 g/mol. The van der Waals surface area contributed by atoms with Crippen LogP contribution in [0.5, 0.6) is 0 Å². The first-order chi connectivity index (χ1) is 11.3. The molecule has 0 spiro atoms. The highest BCUT2D eigenvalue weighted by Gasteiger charge is 2.04. The summed E-state index contributed by atoms with van der Waals surface area (Å²) in [6, 6.07) is 32.5. The third-order valence-electron chi connectivity index (χ3n) is 4.16. The summed E-state index contributed by atoms with van der Waals surface area (Å²) in [6.07, 6.45) is 0. The summed E-state index contributed by atoms with van der Waals surface area (Å²) >= 11 is 2.34. The predicted octanol–water partition coefficient (Wildman–Crippen LogP) is 6.78. The number of hydrogen-bond donors (Lipinski definition) is 0. The summed E-state index contributed by atoms with van der Waals surface area (Å²) in [5.74, 6) is 0. The lowest BCUT2D eigenvalue weighted by molar-refractivity contribution is 1.58. The minimum absolute atomic E-state index is 1.25. The van der Waals surface area contributed by atoms with Gasteiger partial charge in [-0.15, -0.1) is 0 Å². The molecule has 0 bridgehead atoms. The van der Waals surface area contributed by atoms with Gasteiger partial charge in [0.15, 0.2) is 0 Å². The molecule has 23 heavy (non-hydrogen) atoms. The fourth-order valence-electron chi connectivity index (χ4n) is 2.96. The van der Waals surface area contributed by atoms with Crippen LogP contribution in [0.4, 0.5) is 0 Å². The third kappa shape index (κ3) is 2.89. The van der Waals surface area contributed by atoms with Gasteiger partial charge < -0.3 is 0 Å². The van der Waals surface area contributed by atoms with Crippen molar-refractivity contribution in [1.29, 1.82) is 0 Å². The Balaban J connectivity index is 1.77. The maximum atomic E-state index is 2.34. The number of hydrogen-bond acceptors (Lipinski definition) is 0. The van der Waals surface area contributed by atoms with Gasteiger partial charge in [-0.2, -0.15) is 0 Å². The molecule has 4 aromatic rings. The molecule has 0 saturated carbocycles. The number of fused-ring (bicyclic) bond motifs is 1. The van der Waals surface area contributed by atoms with E-state index in [4.69, 9.17) is 0 Å². The molecule has 0 aromatic heterocycles. The molecule has 0 saturated heterocycles. The first-order valence-corrected chi connectivity index (χ1v) is 8.73. The molecule has 0 radical (unpaired) electrons. The summed E-state index contributed by atoms with van der Waals surface area (Å²) in [4.78, 5) is 0. The molecule has 0 amide bonds. The van der Waals surface area contributed by atoms with E-state index in [1.165, 1.54) is 36.6 Å². The van der Waals surface area contributed by atoms with Crippen molar-refractivity contribution in [3.8, 4) is 22.3 Å². The average molecular weight is 406 g/mol. The summed E-state index contributed by atoms with van der Waals surface area (Å²) in [5.41, 5.74) is 5.06. The van der Waals surface area contributed by atoms with E-state index in [1.54, 1.807) is 0 Å². The van der Waals surface area contributed by atoms with Gasteiger partial charge in [0.2, 0.25) is 0 Å². The Bertz CT molecular complexity index is 946. The van der Waals surface area contributed by atoms with Crippen LogP contribution in [0.3, 0.4) is 0 Å². The fourth-order valence-corrected chi connectivity index (χ4v) is 3.32. The second-order valence-electron chi connectivity index (χ2n) is 5.61. The van der Waals surface area contributed by atoms with E-state index in [0.29, 0.717) is 0 Å². The van der Waals surface area contributed by atoms with Crippen LogP contribution in [-0.4, -0.2) is 0 Å². The van der Waals surface area contributed by atoms with Gasteiger partial charge in [-0.3, -0.25) is 0 Å². The lowest BCUT2D eigenvalue weighted by atomic mass is 9.96. The normalized spacial score (nSPS) is 10.8. The molecule has 0 atom stereocenters. The van der Waals surface area contributed by atoms with Crippen molar-refractivity contribution in [2.75, 3.05) is 0 Å². The molecule has 1 heteroatoms. The van der Waals surface area contributed by atoms with Crippen molar-refractivity contribution in [1.82, 2.24) is 0 Å². The second-order valence-corrected chi connectivity index (χ2v) is 6.86. The zero-order valence-electron chi connectivity index (χ0n) is 12.5. The number of halogens is 1. The molecule has 0 aliphatic heterocycles. The highest BCUT2D eigenvalue weighted by Crippen LogP contribution is 2.30. The first-order valence-electron chi connectivity index (χ1n) is 7.65. The van der Waals surface area contributed by atoms with Gasteiger partial charge in [-0.05, 0) is 67.7 Å². The summed E-state index contributed by atoms with van der Waals surface area (Å²) in [7, 11) is 0. The molecule has 0 fully saturated rings. The van der Waals surface area contributed by atoms with Gasteiger partial charge in [-0.1, -0.05) is 78.9 Å². The molecule has 0 unspecified atom stereocenters. The van der Waals surface area contributed by atoms with Gasteiger partial charge >= 0.3 is 0 Å². The smallest absolute Gasteiger partial charge is 0.0130 e. The standard InChI is InChI=1S/C22H15I/c23-20-14-12-17(13-15-20)16-8-10-19(11-9-16)22-7-3-5-18-4-1-2-6-21(18)22/h1-15H. The van der Waals surface area contributed by atoms with Crippen molar-refractivity contribution in [2.45, 2.75) is 0 Å². The minimum atomic E-state index is 1.25. The molecular formula is C22H15I. The van der Waals surface area contributed by atoms with Gasteiger partial charge in [0, 0.05) is 3.57 Å². The lowest BCUT2D eigenvalue weighted by Crippen LogP contribution is -1.83. The Morgan fingerprint density at radius 1 is 0.478 bits per heavy atom. The van der Waals surface area contributed by atoms with E-state index < -0.39 is 0 Å². The zero-order valence-corrected chi connectivity index (χ0v) is 14.7. The van der Waals surface area contributed by atoms with Crippen LogP contribution >= 0.6 is 22.6 Å². The topological polar surface area (TPSA) is 0 Å². The maximum Gasteiger partial charge on any atom is 0.0130 e. The second kappa shape index (κ2) is 6.17. The predicted molar refractivity (Wildman–Crippen MR) is 108 cm³/mol. The Hall–Kier alpha value is -2.13.